The second-order valence-electron chi connectivity index (χ2n) is 4.99. The van der Waals surface area contributed by atoms with Crippen LogP contribution >= 0.6 is 0 Å². The van der Waals surface area contributed by atoms with Gasteiger partial charge in [-0.05, 0) is 6.92 Å². The Balaban J connectivity index is 1.90. The van der Waals surface area contributed by atoms with Crippen LogP contribution in [0.15, 0.2) is 6.07 Å². The van der Waals surface area contributed by atoms with Crippen LogP contribution in [0.25, 0.3) is 0 Å². The zero-order chi connectivity index (χ0) is 12.8. The summed E-state index contributed by atoms with van der Waals surface area (Å²) in [7, 11) is 1.56. The number of morpholine rings is 1. The molecule has 1 N–H and O–H groups in total. The standard InChI is InChI=1S/C12H17N3O3/c1-8-3-10(14-11(13-8)17-2)15-6-12(7-16)4-9(15)5-18-12/h3,9,16H,4-7H2,1-2H3. The number of aromatic nitrogens is 2. The number of aryl methyl sites for hydroxylation is 1. The van der Waals surface area contributed by atoms with Crippen LogP contribution in [-0.4, -0.2) is 53.6 Å². The summed E-state index contributed by atoms with van der Waals surface area (Å²) < 4.78 is 10.8. The molecule has 2 saturated heterocycles. The van der Waals surface area contributed by atoms with Crippen molar-refractivity contribution in [2.24, 2.45) is 0 Å². The molecule has 2 fully saturated rings. The van der Waals surface area contributed by atoms with Crippen molar-refractivity contribution < 1.29 is 14.6 Å². The number of aliphatic hydroxyl groups excluding tert-OH is 1. The van der Waals surface area contributed by atoms with Gasteiger partial charge in [0.25, 0.3) is 0 Å². The molecular weight excluding hydrogens is 234 g/mol. The van der Waals surface area contributed by atoms with Gasteiger partial charge >= 0.3 is 6.01 Å². The molecule has 0 aliphatic carbocycles. The van der Waals surface area contributed by atoms with Gasteiger partial charge in [-0.1, -0.05) is 0 Å². The lowest BCUT2D eigenvalue weighted by Gasteiger charge is -2.32. The van der Waals surface area contributed by atoms with Crippen LogP contribution in [0.1, 0.15) is 12.1 Å². The summed E-state index contributed by atoms with van der Waals surface area (Å²) in [5, 5.41) is 9.45. The van der Waals surface area contributed by atoms with E-state index in [1.54, 1.807) is 7.11 Å². The van der Waals surface area contributed by atoms with E-state index in [0.29, 0.717) is 19.2 Å². The summed E-state index contributed by atoms with van der Waals surface area (Å²) in [6, 6.07) is 2.61. The van der Waals surface area contributed by atoms with Gasteiger partial charge < -0.3 is 19.5 Å². The van der Waals surface area contributed by atoms with E-state index in [0.717, 1.165) is 17.9 Å². The SMILES string of the molecule is COc1nc(C)cc(N2CC3(CO)CC2CO3)n1. The average molecular weight is 251 g/mol. The van der Waals surface area contributed by atoms with Crippen molar-refractivity contribution in [3.8, 4) is 6.01 Å². The molecule has 2 bridgehead atoms. The van der Waals surface area contributed by atoms with E-state index in [1.165, 1.54) is 0 Å². The van der Waals surface area contributed by atoms with E-state index in [4.69, 9.17) is 9.47 Å². The molecular formula is C12H17N3O3. The minimum absolute atomic E-state index is 0.0567. The highest BCUT2D eigenvalue weighted by Gasteiger charge is 2.51. The van der Waals surface area contributed by atoms with Gasteiger partial charge in [0.2, 0.25) is 0 Å². The Kier molecular flexibility index (Phi) is 2.64. The zero-order valence-corrected chi connectivity index (χ0v) is 10.6. The Morgan fingerprint density at radius 2 is 2.44 bits per heavy atom. The Labute approximate surface area is 106 Å². The molecule has 1 aromatic heterocycles. The highest BCUT2D eigenvalue weighted by molar-refractivity contribution is 5.45. The first kappa shape index (κ1) is 11.7. The average Bonchev–Trinajstić information content (AvgIpc) is 2.96. The Morgan fingerprint density at radius 1 is 1.61 bits per heavy atom. The summed E-state index contributed by atoms with van der Waals surface area (Å²) in [5.41, 5.74) is 0.468. The number of aliphatic hydroxyl groups is 1. The Bertz CT molecular complexity index is 468. The van der Waals surface area contributed by atoms with Gasteiger partial charge in [0.05, 0.1) is 32.9 Å². The molecule has 0 radical (unpaired) electrons. The van der Waals surface area contributed by atoms with Gasteiger partial charge in [0.15, 0.2) is 0 Å². The molecule has 0 spiro atoms. The van der Waals surface area contributed by atoms with Crippen LogP contribution in [0, 0.1) is 6.92 Å². The number of ether oxygens (including phenoxy) is 2. The minimum atomic E-state index is -0.406. The lowest BCUT2D eigenvalue weighted by Crippen LogP contribution is -2.45. The number of rotatable bonds is 3. The Morgan fingerprint density at radius 3 is 3.11 bits per heavy atom. The van der Waals surface area contributed by atoms with Crippen molar-refractivity contribution in [2.45, 2.75) is 25.0 Å². The number of nitrogens with zero attached hydrogens (tertiary/aromatic N) is 3. The summed E-state index contributed by atoms with van der Waals surface area (Å²) in [6.45, 7) is 3.29. The van der Waals surface area contributed by atoms with Crippen LogP contribution < -0.4 is 9.64 Å². The monoisotopic (exact) mass is 251 g/mol. The predicted molar refractivity (Wildman–Crippen MR) is 64.8 cm³/mol. The fraction of sp³-hybridized carbons (Fsp3) is 0.667. The molecule has 0 amide bonds. The van der Waals surface area contributed by atoms with E-state index in [9.17, 15) is 5.11 Å². The van der Waals surface area contributed by atoms with E-state index < -0.39 is 5.60 Å². The molecule has 3 rings (SSSR count). The van der Waals surface area contributed by atoms with Gasteiger partial charge in [-0.25, -0.2) is 4.98 Å². The second kappa shape index (κ2) is 4.07. The molecule has 0 saturated carbocycles. The summed E-state index contributed by atoms with van der Waals surface area (Å²) in [4.78, 5) is 10.7. The second-order valence-corrected chi connectivity index (χ2v) is 4.99. The molecule has 6 nitrogen and oxygen atoms in total. The molecule has 0 aromatic carbocycles. The quantitative estimate of drug-likeness (QED) is 0.824. The van der Waals surface area contributed by atoms with Crippen molar-refractivity contribution in [1.82, 2.24) is 9.97 Å². The van der Waals surface area contributed by atoms with E-state index in [-0.39, 0.29) is 12.6 Å². The molecule has 6 heteroatoms. The topological polar surface area (TPSA) is 67.7 Å². The summed E-state index contributed by atoms with van der Waals surface area (Å²) in [5.74, 6) is 0.850. The van der Waals surface area contributed by atoms with Gasteiger partial charge in [-0.3, -0.25) is 0 Å². The molecule has 1 aromatic rings. The lowest BCUT2D eigenvalue weighted by atomic mass is 10.1. The first-order chi connectivity index (χ1) is 8.65. The highest BCUT2D eigenvalue weighted by Crippen LogP contribution is 2.39. The number of anilines is 1. The van der Waals surface area contributed by atoms with Gasteiger partial charge in [-0.15, -0.1) is 0 Å². The van der Waals surface area contributed by atoms with Gasteiger partial charge in [0, 0.05) is 18.2 Å². The number of fused-ring (bicyclic) bond motifs is 2. The minimum Gasteiger partial charge on any atom is -0.467 e. The van der Waals surface area contributed by atoms with E-state index in [2.05, 4.69) is 14.9 Å². The maximum atomic E-state index is 9.45. The summed E-state index contributed by atoms with van der Waals surface area (Å²) in [6.07, 6.45) is 0.856. The fourth-order valence-electron chi connectivity index (χ4n) is 2.76. The molecule has 2 atom stereocenters. The van der Waals surface area contributed by atoms with Crippen LogP contribution in [-0.2, 0) is 4.74 Å². The maximum Gasteiger partial charge on any atom is 0.318 e. The van der Waals surface area contributed by atoms with E-state index >= 15 is 0 Å². The van der Waals surface area contributed by atoms with Gasteiger partial charge in [-0.2, -0.15) is 4.98 Å². The first-order valence-corrected chi connectivity index (χ1v) is 6.07. The molecule has 2 aliphatic heterocycles. The third kappa shape index (κ3) is 1.72. The molecule has 3 heterocycles. The number of hydrogen-bond acceptors (Lipinski definition) is 6. The molecule has 2 aliphatic rings. The summed E-state index contributed by atoms with van der Waals surface area (Å²) >= 11 is 0. The third-order valence-electron chi connectivity index (χ3n) is 3.67. The smallest absolute Gasteiger partial charge is 0.318 e. The van der Waals surface area contributed by atoms with E-state index in [1.807, 2.05) is 13.0 Å². The first-order valence-electron chi connectivity index (χ1n) is 6.07. The predicted octanol–water partition coefficient (Wildman–Crippen LogP) is 0.134. The van der Waals surface area contributed by atoms with Crippen molar-refractivity contribution in [3.63, 3.8) is 0 Å². The molecule has 98 valence electrons. The largest absolute Gasteiger partial charge is 0.467 e. The van der Waals surface area contributed by atoms with Crippen LogP contribution in [0.2, 0.25) is 0 Å². The number of methoxy groups -OCH3 is 1. The maximum absolute atomic E-state index is 9.45. The molecule has 2 unspecified atom stereocenters. The molecule has 18 heavy (non-hydrogen) atoms. The number of hydrogen-bond donors (Lipinski definition) is 1. The Hall–Kier alpha value is -1.40. The van der Waals surface area contributed by atoms with Crippen molar-refractivity contribution in [3.05, 3.63) is 11.8 Å². The zero-order valence-electron chi connectivity index (χ0n) is 10.6. The normalized spacial score (nSPS) is 29.9. The van der Waals surface area contributed by atoms with Crippen LogP contribution in [0.3, 0.4) is 0 Å². The van der Waals surface area contributed by atoms with Crippen LogP contribution in [0.4, 0.5) is 5.82 Å². The lowest BCUT2D eigenvalue weighted by molar-refractivity contribution is -0.0375. The van der Waals surface area contributed by atoms with Crippen molar-refractivity contribution in [2.75, 3.05) is 31.8 Å². The van der Waals surface area contributed by atoms with Gasteiger partial charge in [0.1, 0.15) is 11.4 Å². The fourth-order valence-corrected chi connectivity index (χ4v) is 2.76. The van der Waals surface area contributed by atoms with Crippen molar-refractivity contribution >= 4 is 5.82 Å². The van der Waals surface area contributed by atoms with Crippen LogP contribution in [0.5, 0.6) is 6.01 Å². The van der Waals surface area contributed by atoms with Crippen molar-refractivity contribution in [1.29, 1.82) is 0 Å². The highest BCUT2D eigenvalue weighted by atomic mass is 16.5. The third-order valence-corrected chi connectivity index (χ3v) is 3.67.